The minimum Gasteiger partial charge on any atom is -0.326 e. The van der Waals surface area contributed by atoms with Gasteiger partial charge < -0.3 is 10.6 Å². The Bertz CT molecular complexity index is 992. The first-order valence-corrected chi connectivity index (χ1v) is 9.80. The molecule has 0 fully saturated rings. The summed E-state index contributed by atoms with van der Waals surface area (Å²) in [7, 11) is 0. The van der Waals surface area contributed by atoms with Crippen molar-refractivity contribution in [1.29, 1.82) is 0 Å². The van der Waals surface area contributed by atoms with E-state index in [4.69, 9.17) is 11.6 Å². The van der Waals surface area contributed by atoms with Crippen molar-refractivity contribution in [2.75, 3.05) is 10.6 Å². The summed E-state index contributed by atoms with van der Waals surface area (Å²) in [5.41, 5.74) is 5.16. The van der Waals surface area contributed by atoms with Crippen molar-refractivity contribution < 1.29 is 14.4 Å². The van der Waals surface area contributed by atoms with E-state index in [1.54, 1.807) is 38.1 Å². The topological polar surface area (TPSA) is 99.7 Å². The molecule has 0 unspecified atom stereocenters. The lowest BCUT2D eigenvalue weighted by molar-refractivity contribution is -0.136. The van der Waals surface area contributed by atoms with Crippen molar-refractivity contribution in [3.8, 4) is 0 Å². The molecule has 3 N–H and O–H groups in total. The van der Waals surface area contributed by atoms with Gasteiger partial charge in [0.2, 0.25) is 5.91 Å². The van der Waals surface area contributed by atoms with E-state index >= 15 is 0 Å². The van der Waals surface area contributed by atoms with Crippen LogP contribution in [0.2, 0.25) is 5.02 Å². The van der Waals surface area contributed by atoms with Gasteiger partial charge in [0.15, 0.2) is 0 Å². The van der Waals surface area contributed by atoms with Gasteiger partial charge in [0.05, 0.1) is 6.42 Å². The maximum atomic E-state index is 12.1. The van der Waals surface area contributed by atoms with Gasteiger partial charge in [-0.15, -0.1) is 0 Å². The first-order valence-electron chi connectivity index (χ1n) is 8.63. The maximum Gasteiger partial charge on any atom is 0.329 e. The standard InChI is InChI=1S/C20H20BrClN4O3/c1-11-9-14(21)7-8-16(11)23-18(27)10-12(2)25-26-20(29)19(28)24-17-6-4-5-15(22)13(17)3/h4-9H,10H2,1-3H3,(H,23,27)(H,24,28)(H,26,29)/b25-12+. The van der Waals surface area contributed by atoms with Crippen LogP contribution in [0.3, 0.4) is 0 Å². The summed E-state index contributed by atoms with van der Waals surface area (Å²) in [6, 6.07) is 10.5. The molecule has 0 heterocycles. The molecule has 9 heteroatoms. The first kappa shape index (κ1) is 22.6. The molecule has 0 aliphatic rings. The maximum absolute atomic E-state index is 12.1. The van der Waals surface area contributed by atoms with Crippen LogP contribution >= 0.6 is 27.5 Å². The van der Waals surface area contributed by atoms with E-state index < -0.39 is 11.8 Å². The number of hydrogen-bond acceptors (Lipinski definition) is 4. The zero-order valence-corrected chi connectivity index (χ0v) is 18.4. The molecule has 7 nitrogen and oxygen atoms in total. The lowest BCUT2D eigenvalue weighted by Gasteiger charge is -2.09. The molecule has 0 saturated heterocycles. The van der Waals surface area contributed by atoms with Crippen molar-refractivity contribution in [3.63, 3.8) is 0 Å². The molecule has 0 radical (unpaired) electrons. The van der Waals surface area contributed by atoms with E-state index in [1.165, 1.54) is 0 Å². The summed E-state index contributed by atoms with van der Waals surface area (Å²) in [5.74, 6) is -2.13. The van der Waals surface area contributed by atoms with Crippen molar-refractivity contribution in [2.24, 2.45) is 5.10 Å². The summed E-state index contributed by atoms with van der Waals surface area (Å²) in [4.78, 5) is 36.1. The van der Waals surface area contributed by atoms with E-state index in [0.29, 0.717) is 27.7 Å². The van der Waals surface area contributed by atoms with Crippen LogP contribution in [0.5, 0.6) is 0 Å². The Morgan fingerprint density at radius 1 is 1.03 bits per heavy atom. The van der Waals surface area contributed by atoms with Gasteiger partial charge in [-0.1, -0.05) is 33.6 Å². The molecule has 3 amide bonds. The largest absolute Gasteiger partial charge is 0.329 e. The predicted octanol–water partition coefficient (Wildman–Crippen LogP) is 4.18. The van der Waals surface area contributed by atoms with Gasteiger partial charge in [0.1, 0.15) is 0 Å². The van der Waals surface area contributed by atoms with Crippen LogP contribution in [0.1, 0.15) is 24.5 Å². The SMILES string of the molecule is C/C(CC(=O)Nc1ccc(Br)cc1C)=N\NC(=O)C(=O)Nc1cccc(Cl)c1C. The number of halogens is 2. The fraction of sp³-hybridized carbons (Fsp3) is 0.200. The normalized spacial score (nSPS) is 11.0. The highest BCUT2D eigenvalue weighted by Crippen LogP contribution is 2.23. The highest BCUT2D eigenvalue weighted by molar-refractivity contribution is 9.10. The van der Waals surface area contributed by atoms with Crippen molar-refractivity contribution in [1.82, 2.24) is 5.43 Å². The van der Waals surface area contributed by atoms with E-state index in [0.717, 1.165) is 10.0 Å². The molecular weight excluding hydrogens is 460 g/mol. The lowest BCUT2D eigenvalue weighted by atomic mass is 10.2. The average molecular weight is 480 g/mol. The van der Waals surface area contributed by atoms with Gasteiger partial charge in [0, 0.05) is 26.6 Å². The summed E-state index contributed by atoms with van der Waals surface area (Å²) in [5, 5.41) is 9.53. The number of hydrazone groups is 1. The number of amides is 3. The molecule has 2 aromatic rings. The number of benzene rings is 2. The van der Waals surface area contributed by atoms with Gasteiger partial charge in [-0.25, -0.2) is 5.43 Å². The minimum absolute atomic E-state index is 0.0369. The molecule has 0 aliphatic carbocycles. The number of carbonyl (C=O) groups is 3. The molecule has 0 spiro atoms. The zero-order valence-electron chi connectivity index (χ0n) is 16.1. The van der Waals surface area contributed by atoms with E-state index in [1.807, 2.05) is 19.1 Å². The Labute approximate surface area is 182 Å². The minimum atomic E-state index is -0.951. The number of carbonyl (C=O) groups excluding carboxylic acids is 3. The van der Waals surface area contributed by atoms with Gasteiger partial charge in [-0.3, -0.25) is 14.4 Å². The summed E-state index contributed by atoms with van der Waals surface area (Å²) in [6.45, 7) is 5.18. The van der Waals surface area contributed by atoms with Crippen molar-refractivity contribution >= 4 is 62.3 Å². The smallest absolute Gasteiger partial charge is 0.326 e. The predicted molar refractivity (Wildman–Crippen MR) is 118 cm³/mol. The second kappa shape index (κ2) is 10.2. The van der Waals surface area contributed by atoms with Crippen LogP contribution in [0.15, 0.2) is 46.0 Å². The van der Waals surface area contributed by atoms with Crippen molar-refractivity contribution in [2.45, 2.75) is 27.2 Å². The zero-order chi connectivity index (χ0) is 21.6. The van der Waals surface area contributed by atoms with Gasteiger partial charge in [-0.05, 0) is 62.2 Å². The summed E-state index contributed by atoms with van der Waals surface area (Å²) < 4.78 is 0.916. The van der Waals surface area contributed by atoms with Crippen LogP contribution < -0.4 is 16.1 Å². The third-order valence-electron chi connectivity index (χ3n) is 3.95. The van der Waals surface area contributed by atoms with Gasteiger partial charge in [0.25, 0.3) is 0 Å². The number of nitrogens with one attached hydrogen (secondary N) is 3. The Morgan fingerprint density at radius 3 is 2.45 bits per heavy atom. The van der Waals surface area contributed by atoms with Crippen LogP contribution in [0, 0.1) is 13.8 Å². The molecule has 0 bridgehead atoms. The fourth-order valence-corrected chi connectivity index (χ4v) is 3.00. The molecule has 0 saturated carbocycles. The quantitative estimate of drug-likeness (QED) is 0.341. The van der Waals surface area contributed by atoms with Crippen LogP contribution in [-0.4, -0.2) is 23.4 Å². The Hall–Kier alpha value is -2.71. The molecular formula is C20H20BrClN4O3. The van der Waals surface area contributed by atoms with E-state index in [-0.39, 0.29) is 12.3 Å². The molecule has 29 heavy (non-hydrogen) atoms. The molecule has 2 aromatic carbocycles. The van der Waals surface area contributed by atoms with Crippen LogP contribution in [0.4, 0.5) is 11.4 Å². The summed E-state index contributed by atoms with van der Waals surface area (Å²) >= 11 is 9.35. The first-order chi connectivity index (χ1) is 13.7. The second-order valence-corrected chi connectivity index (χ2v) is 7.66. The number of anilines is 2. The Kier molecular flexibility index (Phi) is 7.92. The number of rotatable bonds is 5. The molecule has 2 rings (SSSR count). The monoisotopic (exact) mass is 478 g/mol. The van der Waals surface area contributed by atoms with Gasteiger partial charge >= 0.3 is 11.8 Å². The molecule has 152 valence electrons. The Morgan fingerprint density at radius 2 is 1.76 bits per heavy atom. The Balaban J connectivity index is 1.89. The second-order valence-electron chi connectivity index (χ2n) is 6.34. The van der Waals surface area contributed by atoms with Gasteiger partial charge in [-0.2, -0.15) is 5.10 Å². The molecule has 0 atom stereocenters. The number of aryl methyl sites for hydroxylation is 1. The fourth-order valence-electron chi connectivity index (χ4n) is 2.35. The highest BCUT2D eigenvalue weighted by atomic mass is 79.9. The lowest BCUT2D eigenvalue weighted by Crippen LogP contribution is -2.33. The van der Waals surface area contributed by atoms with Crippen LogP contribution in [0.25, 0.3) is 0 Å². The molecule has 0 aliphatic heterocycles. The highest BCUT2D eigenvalue weighted by Gasteiger charge is 2.15. The number of nitrogens with zero attached hydrogens (tertiary/aromatic N) is 1. The van der Waals surface area contributed by atoms with Crippen molar-refractivity contribution in [3.05, 3.63) is 57.0 Å². The molecule has 0 aromatic heterocycles. The third kappa shape index (κ3) is 6.69. The summed E-state index contributed by atoms with van der Waals surface area (Å²) in [6.07, 6.45) is -0.0369. The third-order valence-corrected chi connectivity index (χ3v) is 4.85. The average Bonchev–Trinajstić information content (AvgIpc) is 2.65. The van der Waals surface area contributed by atoms with E-state index in [9.17, 15) is 14.4 Å². The number of hydrogen-bond donors (Lipinski definition) is 3. The van der Waals surface area contributed by atoms with Crippen LogP contribution in [-0.2, 0) is 14.4 Å². The van der Waals surface area contributed by atoms with E-state index in [2.05, 4.69) is 37.1 Å².